The molecule has 3 aromatic rings. The van der Waals surface area contributed by atoms with Crippen LogP contribution in [0.4, 0.5) is 0 Å². The van der Waals surface area contributed by atoms with Crippen LogP contribution in [0.25, 0.3) is 16.8 Å². The number of fused-ring (bicyclic) bond motifs is 1. The third kappa shape index (κ3) is 6.62. The molecule has 4 heteroatoms. The van der Waals surface area contributed by atoms with Gasteiger partial charge < -0.3 is 10.2 Å². The van der Waals surface area contributed by atoms with E-state index in [1.807, 2.05) is 6.08 Å². The Bertz CT molecular complexity index is 942. The molecule has 3 rings (SSSR count). The van der Waals surface area contributed by atoms with E-state index < -0.39 is 0 Å². The van der Waals surface area contributed by atoms with Gasteiger partial charge in [-0.1, -0.05) is 67.8 Å². The van der Waals surface area contributed by atoms with Crippen molar-refractivity contribution in [2.45, 2.75) is 0 Å². The van der Waals surface area contributed by atoms with E-state index in [0.29, 0.717) is 0 Å². The second kappa shape index (κ2) is 10.7. The zero-order valence-corrected chi connectivity index (χ0v) is 14.1. The molecule has 2 N–H and O–H groups in total. The van der Waals surface area contributed by atoms with Crippen LogP contribution in [0.3, 0.4) is 0 Å². The highest BCUT2D eigenvalue weighted by atomic mass is 16.3. The van der Waals surface area contributed by atoms with Gasteiger partial charge in [0.25, 0.3) is 0 Å². The van der Waals surface area contributed by atoms with E-state index in [4.69, 9.17) is 20.7 Å². The fraction of sp³-hybridized carbons (Fsp3) is 0. The summed E-state index contributed by atoms with van der Waals surface area (Å²) in [6.45, 7) is 6.81. The van der Waals surface area contributed by atoms with E-state index in [-0.39, 0.29) is 17.1 Å². The number of benzene rings is 3. The monoisotopic (exact) mass is 342 g/mol. The van der Waals surface area contributed by atoms with Gasteiger partial charge in [-0.25, -0.2) is 0 Å². The van der Waals surface area contributed by atoms with Crippen LogP contribution in [-0.2, 0) is 0 Å². The predicted octanol–water partition coefficient (Wildman–Crippen LogP) is 5.17. The Labute approximate surface area is 152 Å². The minimum absolute atomic E-state index is 0.0463. The minimum Gasteiger partial charge on any atom is -0.504 e. The Kier molecular flexibility index (Phi) is 8.24. The Morgan fingerprint density at radius 3 is 1.73 bits per heavy atom. The van der Waals surface area contributed by atoms with Crippen molar-refractivity contribution in [2.24, 2.45) is 0 Å². The van der Waals surface area contributed by atoms with Crippen LogP contribution >= 0.6 is 0 Å². The third-order valence-electron chi connectivity index (χ3n) is 3.16. The van der Waals surface area contributed by atoms with Gasteiger partial charge in [0.1, 0.15) is 17.7 Å². The highest BCUT2D eigenvalue weighted by Crippen LogP contribution is 2.21. The second-order valence-corrected chi connectivity index (χ2v) is 5.00. The summed E-state index contributed by atoms with van der Waals surface area (Å²) in [5.41, 5.74) is 1.13. The van der Waals surface area contributed by atoms with E-state index in [9.17, 15) is 0 Å². The Morgan fingerprint density at radius 2 is 1.31 bits per heavy atom. The molecule has 0 atom stereocenters. The average molecular weight is 342 g/mol. The van der Waals surface area contributed by atoms with Gasteiger partial charge in [0.05, 0.1) is 0 Å². The number of phenols is 2. The largest absolute Gasteiger partial charge is 0.504 e. The highest BCUT2D eigenvalue weighted by molar-refractivity contribution is 5.84. The number of rotatable bonds is 1. The lowest BCUT2D eigenvalue weighted by Gasteiger charge is -1.97. The van der Waals surface area contributed by atoms with Crippen LogP contribution in [0.1, 0.15) is 5.56 Å². The summed E-state index contributed by atoms with van der Waals surface area (Å²) in [7, 11) is 0. The molecule has 0 aliphatic carbocycles. The van der Waals surface area contributed by atoms with Gasteiger partial charge >= 0.3 is 0 Å². The standard InChI is InChI=1S/C12H10.C6H6O2.C4H2N2/c1-2-10-7-8-11-5-3-4-6-12(11)9-10;7-5-3-1-2-4-6(5)8;1-4(2-5)3-6/h2-9H,1H2;1-4,7-8H;1H2. The summed E-state index contributed by atoms with van der Waals surface area (Å²) >= 11 is 0. The van der Waals surface area contributed by atoms with Crippen LogP contribution in [0, 0.1) is 22.7 Å². The summed E-state index contributed by atoms with van der Waals surface area (Å²) in [5, 5.41) is 35.4. The molecule has 0 aliphatic rings. The van der Waals surface area contributed by atoms with Gasteiger partial charge in [-0.05, 0) is 34.5 Å². The zero-order chi connectivity index (χ0) is 19.4. The van der Waals surface area contributed by atoms with Crippen molar-refractivity contribution < 1.29 is 10.2 Å². The summed E-state index contributed by atoms with van der Waals surface area (Å²) in [4.78, 5) is 0. The first-order chi connectivity index (χ1) is 12.5. The molecule has 0 aliphatic heterocycles. The SMILES string of the molecule is C=C(C#N)C#N.C=Cc1ccc2ccccc2c1.Oc1ccccc1O. The van der Waals surface area contributed by atoms with Gasteiger partial charge in [-0.3, -0.25) is 0 Å². The molecule has 0 bridgehead atoms. The van der Waals surface area contributed by atoms with E-state index >= 15 is 0 Å². The molecule has 0 heterocycles. The topological polar surface area (TPSA) is 88.0 Å². The maximum absolute atomic E-state index is 8.67. The molecule has 128 valence electrons. The number of hydrogen-bond donors (Lipinski definition) is 2. The number of hydrogen-bond acceptors (Lipinski definition) is 4. The minimum atomic E-state index is -0.0764. The number of aromatic hydroxyl groups is 2. The maximum Gasteiger partial charge on any atom is 0.157 e. The molecule has 4 nitrogen and oxygen atoms in total. The number of nitrogens with zero attached hydrogens (tertiary/aromatic N) is 2. The van der Waals surface area contributed by atoms with Crippen LogP contribution in [0.2, 0.25) is 0 Å². The molecule has 0 unspecified atom stereocenters. The molecule has 0 saturated carbocycles. The third-order valence-corrected chi connectivity index (χ3v) is 3.16. The predicted molar refractivity (Wildman–Crippen MR) is 104 cm³/mol. The second-order valence-electron chi connectivity index (χ2n) is 5.00. The van der Waals surface area contributed by atoms with Crippen molar-refractivity contribution in [2.75, 3.05) is 0 Å². The Morgan fingerprint density at radius 1 is 0.808 bits per heavy atom. The molecular weight excluding hydrogens is 324 g/mol. The van der Waals surface area contributed by atoms with Crippen LogP contribution in [0.15, 0.2) is 85.5 Å². The first kappa shape index (κ1) is 20.0. The lowest BCUT2D eigenvalue weighted by molar-refractivity contribution is 0.404. The maximum atomic E-state index is 8.67. The molecule has 0 fully saturated rings. The van der Waals surface area contributed by atoms with Gasteiger partial charge in [0.2, 0.25) is 0 Å². The van der Waals surface area contributed by atoms with E-state index in [2.05, 4.69) is 55.6 Å². The molecule has 0 amide bonds. The van der Waals surface area contributed by atoms with Crippen molar-refractivity contribution in [3.63, 3.8) is 0 Å². The van der Waals surface area contributed by atoms with Crippen LogP contribution in [0.5, 0.6) is 11.5 Å². The number of para-hydroxylation sites is 2. The van der Waals surface area contributed by atoms with Crippen molar-refractivity contribution in [1.82, 2.24) is 0 Å². The van der Waals surface area contributed by atoms with Crippen molar-refractivity contribution in [1.29, 1.82) is 10.5 Å². The van der Waals surface area contributed by atoms with E-state index in [0.717, 1.165) is 0 Å². The van der Waals surface area contributed by atoms with Crippen molar-refractivity contribution >= 4 is 16.8 Å². The molecule has 0 spiro atoms. The summed E-state index contributed by atoms with van der Waals surface area (Å²) in [6, 6.07) is 23.9. The van der Waals surface area contributed by atoms with Crippen molar-refractivity contribution in [3.05, 3.63) is 91.0 Å². The van der Waals surface area contributed by atoms with E-state index in [1.165, 1.54) is 28.5 Å². The molecule has 3 aromatic carbocycles. The first-order valence-electron chi connectivity index (χ1n) is 7.59. The Balaban J connectivity index is 0.000000211. The van der Waals surface area contributed by atoms with Gasteiger partial charge in [0, 0.05) is 0 Å². The van der Waals surface area contributed by atoms with Crippen LogP contribution < -0.4 is 0 Å². The highest BCUT2D eigenvalue weighted by Gasteiger charge is 1.91. The first-order valence-corrected chi connectivity index (χ1v) is 7.59. The lowest BCUT2D eigenvalue weighted by Crippen LogP contribution is -1.73. The average Bonchev–Trinajstić information content (AvgIpc) is 2.70. The summed E-state index contributed by atoms with van der Waals surface area (Å²) in [5.74, 6) is -0.153. The fourth-order valence-corrected chi connectivity index (χ4v) is 1.82. The normalized spacial score (nSPS) is 8.54. The summed E-state index contributed by atoms with van der Waals surface area (Å²) < 4.78 is 0. The fourth-order valence-electron chi connectivity index (χ4n) is 1.82. The molecule has 0 saturated heterocycles. The van der Waals surface area contributed by atoms with Crippen LogP contribution in [-0.4, -0.2) is 10.2 Å². The van der Waals surface area contributed by atoms with Crippen molar-refractivity contribution in [3.8, 4) is 23.6 Å². The Hall–Kier alpha value is -4.02. The zero-order valence-electron chi connectivity index (χ0n) is 14.1. The van der Waals surface area contributed by atoms with Gasteiger partial charge in [-0.15, -0.1) is 0 Å². The molecular formula is C22H18N2O2. The van der Waals surface area contributed by atoms with Gasteiger partial charge in [-0.2, -0.15) is 10.5 Å². The molecule has 26 heavy (non-hydrogen) atoms. The number of nitriles is 2. The van der Waals surface area contributed by atoms with Gasteiger partial charge in [0.15, 0.2) is 11.5 Å². The quantitative estimate of drug-likeness (QED) is 0.471. The number of allylic oxidation sites excluding steroid dienone is 1. The number of phenolic OH excluding ortho intramolecular Hbond substituents is 2. The molecule has 0 radical (unpaired) electrons. The smallest absolute Gasteiger partial charge is 0.157 e. The lowest BCUT2D eigenvalue weighted by atomic mass is 10.1. The summed E-state index contributed by atoms with van der Waals surface area (Å²) in [6.07, 6.45) is 1.87. The molecule has 0 aromatic heterocycles. The van der Waals surface area contributed by atoms with E-state index in [1.54, 1.807) is 24.3 Å².